The number of nitrogens with one attached hydrogen (secondary N) is 1. The van der Waals surface area contributed by atoms with Crippen LogP contribution in [0.2, 0.25) is 10.0 Å². The van der Waals surface area contributed by atoms with E-state index in [9.17, 15) is 0 Å². The van der Waals surface area contributed by atoms with Crippen LogP contribution in [0.5, 0.6) is 0 Å². The van der Waals surface area contributed by atoms with Gasteiger partial charge in [-0.05, 0) is 87.8 Å². The molecule has 0 spiro atoms. The highest BCUT2D eigenvalue weighted by Gasteiger charge is 2.26. The Balaban J connectivity index is 0.000000147. The van der Waals surface area contributed by atoms with E-state index in [1.807, 2.05) is 12.1 Å². The molecule has 276 valence electrons. The summed E-state index contributed by atoms with van der Waals surface area (Å²) < 4.78 is 22.2. The Morgan fingerprint density at radius 3 is 1.94 bits per heavy atom. The fourth-order valence-corrected chi connectivity index (χ4v) is 9.55. The van der Waals surface area contributed by atoms with E-state index in [0.717, 1.165) is 101 Å². The Labute approximate surface area is 327 Å². The van der Waals surface area contributed by atoms with Gasteiger partial charge in [0.05, 0.1) is 23.3 Å². The first kappa shape index (κ1) is 39.2. The number of fused-ring (bicyclic) bond motifs is 2. The van der Waals surface area contributed by atoms with Crippen LogP contribution in [-0.2, 0) is 18.9 Å². The molecule has 13 heteroatoms. The summed E-state index contributed by atoms with van der Waals surface area (Å²) in [6.07, 6.45) is 15.0. The summed E-state index contributed by atoms with van der Waals surface area (Å²) in [6, 6.07) is 8.81. The summed E-state index contributed by atoms with van der Waals surface area (Å²) in [4.78, 5) is 15.8. The molecule has 0 aromatic carbocycles. The normalized spacial score (nSPS) is 23.8. The number of halogens is 3. The Morgan fingerprint density at radius 1 is 0.843 bits per heavy atom. The second-order valence-corrected chi connectivity index (χ2v) is 16.6. The zero-order valence-corrected chi connectivity index (χ0v) is 34.0. The van der Waals surface area contributed by atoms with Gasteiger partial charge in [0.1, 0.15) is 9.66 Å². The van der Waals surface area contributed by atoms with E-state index in [2.05, 4.69) is 74.2 Å². The number of ether oxygens (including phenoxy) is 4. The summed E-state index contributed by atoms with van der Waals surface area (Å²) in [5.41, 5.74) is 2.73. The monoisotopic (exact) mass is 836 g/mol. The predicted octanol–water partition coefficient (Wildman–Crippen LogP) is 9.83. The molecule has 4 aromatic heterocycles. The predicted molar refractivity (Wildman–Crippen MR) is 217 cm³/mol. The summed E-state index contributed by atoms with van der Waals surface area (Å²) in [7, 11) is 0. The molecule has 0 bridgehead atoms. The van der Waals surface area contributed by atoms with E-state index in [1.165, 1.54) is 40.2 Å². The number of hydrogen-bond donors (Lipinski definition) is 1. The van der Waals surface area contributed by atoms with Crippen molar-refractivity contribution in [1.29, 1.82) is 0 Å². The minimum Gasteiger partial charge on any atom is -0.353 e. The molecular formula is C38H47BrCl2N4O4S2. The summed E-state index contributed by atoms with van der Waals surface area (Å²) >= 11 is 19.2. The van der Waals surface area contributed by atoms with Crippen molar-refractivity contribution in [3.63, 3.8) is 0 Å². The van der Waals surface area contributed by atoms with Crippen molar-refractivity contribution >= 4 is 93.4 Å². The van der Waals surface area contributed by atoms with Gasteiger partial charge >= 0.3 is 0 Å². The van der Waals surface area contributed by atoms with Crippen LogP contribution in [0.1, 0.15) is 62.1 Å². The highest BCUT2D eigenvalue weighted by atomic mass is 79.9. The third-order valence-electron chi connectivity index (χ3n) is 9.43. The smallest absolute Gasteiger partial charge is 0.157 e. The molecule has 0 saturated carbocycles. The lowest BCUT2D eigenvalue weighted by Gasteiger charge is -2.26. The van der Waals surface area contributed by atoms with Gasteiger partial charge in [-0.1, -0.05) is 51.3 Å². The van der Waals surface area contributed by atoms with E-state index in [4.69, 9.17) is 42.1 Å². The van der Waals surface area contributed by atoms with Crippen LogP contribution in [0.4, 0.5) is 0 Å². The molecule has 8 heterocycles. The average Bonchev–Trinajstić information content (AvgIpc) is 3.96. The second kappa shape index (κ2) is 19.7. The van der Waals surface area contributed by atoms with Crippen molar-refractivity contribution < 1.29 is 18.9 Å². The molecule has 1 N–H and O–H groups in total. The van der Waals surface area contributed by atoms with Crippen molar-refractivity contribution in [2.24, 2.45) is 0 Å². The summed E-state index contributed by atoms with van der Waals surface area (Å²) in [5, 5.41) is 7.95. The van der Waals surface area contributed by atoms with E-state index < -0.39 is 0 Å². The molecule has 0 radical (unpaired) electrons. The molecule has 8 nitrogen and oxygen atoms in total. The molecule has 4 unspecified atom stereocenters. The maximum absolute atomic E-state index is 6.29. The molecule has 0 amide bonds. The quantitative estimate of drug-likeness (QED) is 0.167. The van der Waals surface area contributed by atoms with Gasteiger partial charge in [-0.15, -0.1) is 22.7 Å². The summed E-state index contributed by atoms with van der Waals surface area (Å²) in [5.74, 6) is 0. The van der Waals surface area contributed by atoms with Gasteiger partial charge in [0.15, 0.2) is 12.6 Å². The molecule has 4 atom stereocenters. The number of rotatable bonds is 9. The number of hydrogen-bond acceptors (Lipinski definition) is 10. The van der Waals surface area contributed by atoms with Crippen molar-refractivity contribution in [3.8, 4) is 0 Å². The average molecular weight is 839 g/mol. The van der Waals surface area contributed by atoms with Crippen LogP contribution < -0.4 is 5.32 Å². The molecule has 51 heavy (non-hydrogen) atoms. The van der Waals surface area contributed by atoms with Gasteiger partial charge in [0.25, 0.3) is 0 Å². The van der Waals surface area contributed by atoms with Crippen LogP contribution in [0.15, 0.2) is 48.8 Å². The van der Waals surface area contributed by atoms with Gasteiger partial charge in [-0.25, -0.2) is 9.97 Å². The van der Waals surface area contributed by atoms with Crippen LogP contribution in [0, 0.1) is 0 Å². The van der Waals surface area contributed by atoms with E-state index in [1.54, 1.807) is 35.1 Å². The third kappa shape index (κ3) is 10.6. The standard InChI is InChI=1S/C19H23ClN2O2S.C12H11ClN2S.C7H13BrO2/c1-13-14(17-12-15-16(20)5-7-21-19(15)25-17)6-8-22(13)9-11-24-18-4-2-3-10-23-18;1-7-8(2-4-14-7)11-6-9-10(13)3-5-15-12(9)16-11;8-4-6-10-7-3-1-2-5-9-7/h5-7,12-13,18H,2-4,8-11H2,1H3;2-3,5-7,14H,4H2,1H3;7H,1-6H2. The van der Waals surface area contributed by atoms with Crippen molar-refractivity contribution in [3.05, 3.63) is 68.6 Å². The Bertz CT molecular complexity index is 1770. The van der Waals surface area contributed by atoms with E-state index in [-0.39, 0.29) is 12.6 Å². The zero-order valence-electron chi connectivity index (χ0n) is 29.3. The second-order valence-electron chi connectivity index (χ2n) is 12.9. The number of nitrogens with zero attached hydrogens (tertiary/aromatic N) is 3. The molecule has 4 aliphatic rings. The van der Waals surface area contributed by atoms with E-state index >= 15 is 0 Å². The SMILES string of the molecule is BrCCOC1CCCCO1.CC1C(c2cc3c(Cl)ccnc3s2)=CCN1CCOC1CCCCO1.CC1NCC=C1c1cc2c(Cl)ccnc2s1. The van der Waals surface area contributed by atoms with Crippen molar-refractivity contribution in [2.75, 3.05) is 51.4 Å². The number of pyridine rings is 2. The minimum atomic E-state index is -0.00472. The minimum absolute atomic E-state index is 0.00472. The molecular weight excluding hydrogens is 791 g/mol. The molecule has 4 aromatic rings. The molecule has 8 rings (SSSR count). The maximum atomic E-state index is 6.29. The van der Waals surface area contributed by atoms with Gasteiger partial charge in [0, 0.05) is 83.2 Å². The highest BCUT2D eigenvalue weighted by molar-refractivity contribution is 9.09. The highest BCUT2D eigenvalue weighted by Crippen LogP contribution is 2.38. The van der Waals surface area contributed by atoms with E-state index in [0.29, 0.717) is 12.1 Å². The van der Waals surface area contributed by atoms with Gasteiger partial charge in [-0.3, -0.25) is 4.90 Å². The van der Waals surface area contributed by atoms with Gasteiger partial charge in [-0.2, -0.15) is 0 Å². The molecule has 0 aliphatic carbocycles. The fourth-order valence-electron chi connectivity index (χ4n) is 6.54. The topological polar surface area (TPSA) is 78.0 Å². The van der Waals surface area contributed by atoms with Crippen molar-refractivity contribution in [2.45, 2.75) is 77.0 Å². The first-order valence-electron chi connectivity index (χ1n) is 17.9. The molecule has 2 saturated heterocycles. The lowest BCUT2D eigenvalue weighted by atomic mass is 10.1. The van der Waals surface area contributed by atoms with Gasteiger partial charge < -0.3 is 24.3 Å². The first-order valence-corrected chi connectivity index (χ1v) is 21.4. The number of thiophene rings is 2. The lowest BCUT2D eigenvalue weighted by molar-refractivity contribution is -0.164. The molecule has 4 aliphatic heterocycles. The largest absolute Gasteiger partial charge is 0.353 e. The zero-order chi connectivity index (χ0) is 35.6. The molecule has 2 fully saturated rings. The number of alkyl halides is 1. The Hall–Kier alpha value is -1.48. The van der Waals surface area contributed by atoms with Crippen LogP contribution in [-0.4, -0.2) is 90.9 Å². The fraction of sp³-hybridized carbons (Fsp3) is 0.526. The van der Waals surface area contributed by atoms with Crippen molar-refractivity contribution in [1.82, 2.24) is 20.2 Å². The maximum Gasteiger partial charge on any atom is 0.157 e. The third-order valence-corrected chi connectivity index (χ3v) is 12.6. The lowest BCUT2D eigenvalue weighted by Crippen LogP contribution is -2.34. The summed E-state index contributed by atoms with van der Waals surface area (Å²) in [6.45, 7) is 10.4. The van der Waals surface area contributed by atoms with Crippen LogP contribution in [0.3, 0.4) is 0 Å². The first-order chi connectivity index (χ1) is 24.9. The number of aromatic nitrogens is 2. The van der Waals surface area contributed by atoms with Gasteiger partial charge in [0.2, 0.25) is 0 Å². The Morgan fingerprint density at radius 2 is 1.43 bits per heavy atom. The Kier molecular flexibility index (Phi) is 15.2. The van der Waals surface area contributed by atoms with Crippen LogP contribution >= 0.6 is 61.8 Å². The van der Waals surface area contributed by atoms with Crippen LogP contribution in [0.25, 0.3) is 31.6 Å².